The lowest BCUT2D eigenvalue weighted by Gasteiger charge is -2.25. The molecule has 7 heteroatoms. The van der Waals surface area contributed by atoms with Crippen LogP contribution >= 0.6 is 12.4 Å². The molecule has 1 aliphatic rings. The maximum Gasteiger partial charge on any atom is 0.254 e. The number of benzene rings is 1. The second kappa shape index (κ2) is 7.57. The number of nitrogens with zero attached hydrogens (tertiary/aromatic N) is 4. The van der Waals surface area contributed by atoms with Crippen molar-refractivity contribution in [3.8, 4) is 5.69 Å². The molecule has 1 atom stereocenters. The zero-order valence-electron chi connectivity index (χ0n) is 13.4. The Labute approximate surface area is 142 Å². The molecule has 3 rings (SSSR count). The van der Waals surface area contributed by atoms with E-state index >= 15 is 0 Å². The van der Waals surface area contributed by atoms with Gasteiger partial charge in [-0.15, -0.1) is 12.4 Å². The summed E-state index contributed by atoms with van der Waals surface area (Å²) in [5.41, 5.74) is 2.65. The van der Waals surface area contributed by atoms with E-state index in [0.29, 0.717) is 6.04 Å². The molecule has 1 amide bonds. The minimum Gasteiger partial charge on any atom is -0.334 e. The van der Waals surface area contributed by atoms with Crippen LogP contribution in [0.2, 0.25) is 0 Å². The summed E-state index contributed by atoms with van der Waals surface area (Å²) >= 11 is 0. The van der Waals surface area contributed by atoms with Crippen LogP contribution in [0.25, 0.3) is 5.69 Å². The van der Waals surface area contributed by atoms with E-state index in [1.165, 1.54) is 6.33 Å². The van der Waals surface area contributed by atoms with E-state index in [1.807, 2.05) is 37.1 Å². The minimum absolute atomic E-state index is 0. The molecule has 23 heavy (non-hydrogen) atoms. The predicted molar refractivity (Wildman–Crippen MR) is 91.3 cm³/mol. The smallest absolute Gasteiger partial charge is 0.254 e. The zero-order valence-corrected chi connectivity index (χ0v) is 14.2. The molecule has 1 aromatic carbocycles. The average Bonchev–Trinajstić information content (AvgIpc) is 3.18. The first-order valence-corrected chi connectivity index (χ1v) is 7.62. The Morgan fingerprint density at radius 2 is 2.26 bits per heavy atom. The third kappa shape index (κ3) is 3.54. The van der Waals surface area contributed by atoms with Crippen LogP contribution in [0.3, 0.4) is 0 Å². The number of likely N-dealkylation sites (N-methyl/N-ethyl adjacent to an activating group) is 1. The number of hydrogen-bond acceptors (Lipinski definition) is 4. The molecule has 1 saturated heterocycles. The monoisotopic (exact) mass is 335 g/mol. The van der Waals surface area contributed by atoms with E-state index in [4.69, 9.17) is 0 Å². The first kappa shape index (κ1) is 17.4. The lowest BCUT2D eigenvalue weighted by atomic mass is 10.1. The second-order valence-electron chi connectivity index (χ2n) is 5.69. The van der Waals surface area contributed by atoms with Crippen molar-refractivity contribution in [1.82, 2.24) is 25.0 Å². The van der Waals surface area contributed by atoms with Gasteiger partial charge in [-0.05, 0) is 50.6 Å². The highest BCUT2D eigenvalue weighted by molar-refractivity contribution is 5.96. The van der Waals surface area contributed by atoms with Crippen molar-refractivity contribution in [2.24, 2.45) is 0 Å². The van der Waals surface area contributed by atoms with E-state index < -0.39 is 0 Å². The number of amides is 1. The topological polar surface area (TPSA) is 63.1 Å². The van der Waals surface area contributed by atoms with E-state index in [9.17, 15) is 4.79 Å². The van der Waals surface area contributed by atoms with Crippen LogP contribution in [0, 0.1) is 6.92 Å². The maximum atomic E-state index is 12.8. The van der Waals surface area contributed by atoms with Gasteiger partial charge in [0.15, 0.2) is 0 Å². The molecule has 124 valence electrons. The number of likely N-dealkylation sites (tertiary alicyclic amines) is 1. The number of aromatic nitrogens is 3. The van der Waals surface area contributed by atoms with Crippen molar-refractivity contribution >= 4 is 18.3 Å². The summed E-state index contributed by atoms with van der Waals surface area (Å²) in [6.45, 7) is 3.66. The Balaban J connectivity index is 0.00000192. The van der Waals surface area contributed by atoms with Crippen LogP contribution in [0.1, 0.15) is 28.8 Å². The molecular weight excluding hydrogens is 314 g/mol. The molecule has 0 spiro atoms. The van der Waals surface area contributed by atoms with Gasteiger partial charge in [0, 0.05) is 24.7 Å². The molecule has 1 N–H and O–H groups in total. The fourth-order valence-corrected chi connectivity index (χ4v) is 3.08. The highest BCUT2D eigenvalue weighted by Gasteiger charge is 2.29. The molecule has 1 aliphatic heterocycles. The fourth-order valence-electron chi connectivity index (χ4n) is 3.08. The molecule has 1 aromatic heterocycles. The first-order valence-electron chi connectivity index (χ1n) is 7.62. The average molecular weight is 336 g/mol. The highest BCUT2D eigenvalue weighted by atomic mass is 35.5. The summed E-state index contributed by atoms with van der Waals surface area (Å²) in [6, 6.07) is 6.08. The summed E-state index contributed by atoms with van der Waals surface area (Å²) < 4.78 is 1.70. The molecule has 6 nitrogen and oxygen atoms in total. The van der Waals surface area contributed by atoms with Crippen LogP contribution in [0.5, 0.6) is 0 Å². The highest BCUT2D eigenvalue weighted by Crippen LogP contribution is 2.22. The Morgan fingerprint density at radius 3 is 2.91 bits per heavy atom. The number of hydrogen-bond donors (Lipinski definition) is 1. The van der Waals surface area contributed by atoms with E-state index in [2.05, 4.69) is 15.4 Å². The number of halogens is 1. The van der Waals surface area contributed by atoms with Crippen molar-refractivity contribution in [2.75, 3.05) is 20.1 Å². The summed E-state index contributed by atoms with van der Waals surface area (Å²) in [5, 5.41) is 7.29. The molecule has 0 radical (unpaired) electrons. The fraction of sp³-hybridized carbons (Fsp3) is 0.438. The minimum atomic E-state index is 0. The largest absolute Gasteiger partial charge is 0.334 e. The Kier molecular flexibility index (Phi) is 5.74. The van der Waals surface area contributed by atoms with Gasteiger partial charge >= 0.3 is 0 Å². The Morgan fingerprint density at radius 1 is 1.43 bits per heavy atom. The third-order valence-electron chi connectivity index (χ3n) is 4.20. The van der Waals surface area contributed by atoms with Crippen molar-refractivity contribution < 1.29 is 4.79 Å². The summed E-state index contributed by atoms with van der Waals surface area (Å²) in [5.74, 6) is 0.125. The van der Waals surface area contributed by atoms with Gasteiger partial charge in [0.1, 0.15) is 12.7 Å². The van der Waals surface area contributed by atoms with Gasteiger partial charge in [0.05, 0.1) is 5.69 Å². The molecule has 2 heterocycles. The standard InChI is InChI=1S/C16H21N5O.ClH/c1-12-8-13(21-11-18-10-19-21)5-6-15(12)16(22)20-7-3-4-14(20)9-17-2;/h5-6,8,10-11,14,17H,3-4,7,9H2,1-2H3;1H. The van der Waals surface area contributed by atoms with Crippen molar-refractivity contribution in [3.05, 3.63) is 42.0 Å². The number of carbonyl (C=O) groups excluding carboxylic acids is 1. The van der Waals surface area contributed by atoms with E-state index in [1.54, 1.807) is 11.0 Å². The van der Waals surface area contributed by atoms with Crippen LogP contribution in [-0.2, 0) is 0 Å². The molecule has 1 unspecified atom stereocenters. The number of nitrogens with one attached hydrogen (secondary N) is 1. The molecule has 0 aliphatic carbocycles. The van der Waals surface area contributed by atoms with Gasteiger partial charge in [-0.1, -0.05) is 0 Å². The number of aryl methyl sites for hydroxylation is 1. The Bertz CT molecular complexity index is 658. The molecule has 1 fully saturated rings. The molecule has 2 aromatic rings. The van der Waals surface area contributed by atoms with Gasteiger partial charge in [-0.3, -0.25) is 4.79 Å². The van der Waals surface area contributed by atoms with Gasteiger partial charge in [-0.2, -0.15) is 5.10 Å². The van der Waals surface area contributed by atoms with Gasteiger partial charge in [0.25, 0.3) is 5.91 Å². The SMILES string of the molecule is CNCC1CCCN1C(=O)c1ccc(-n2cncn2)cc1C.Cl. The van der Waals surface area contributed by atoms with Gasteiger partial charge in [-0.25, -0.2) is 9.67 Å². The van der Waals surface area contributed by atoms with Crippen LogP contribution in [0.15, 0.2) is 30.9 Å². The van der Waals surface area contributed by atoms with Gasteiger partial charge in [0.2, 0.25) is 0 Å². The quantitative estimate of drug-likeness (QED) is 0.925. The molecule has 0 saturated carbocycles. The second-order valence-corrected chi connectivity index (χ2v) is 5.69. The van der Waals surface area contributed by atoms with Crippen molar-refractivity contribution in [3.63, 3.8) is 0 Å². The predicted octanol–water partition coefficient (Wildman–Crippen LogP) is 1.82. The first-order chi connectivity index (χ1) is 10.7. The Hall–Kier alpha value is -1.92. The zero-order chi connectivity index (χ0) is 15.5. The number of rotatable bonds is 4. The summed E-state index contributed by atoms with van der Waals surface area (Å²) in [4.78, 5) is 18.8. The lowest BCUT2D eigenvalue weighted by Crippen LogP contribution is -2.41. The van der Waals surface area contributed by atoms with Crippen molar-refractivity contribution in [2.45, 2.75) is 25.8 Å². The normalized spacial score (nSPS) is 17.1. The van der Waals surface area contributed by atoms with Gasteiger partial charge < -0.3 is 10.2 Å². The molecule has 0 bridgehead atoms. The summed E-state index contributed by atoms with van der Waals surface area (Å²) in [7, 11) is 1.93. The van der Waals surface area contributed by atoms with E-state index in [-0.39, 0.29) is 18.3 Å². The maximum absolute atomic E-state index is 12.8. The van der Waals surface area contributed by atoms with E-state index in [0.717, 1.165) is 42.7 Å². The molecular formula is C16H22ClN5O. The third-order valence-corrected chi connectivity index (χ3v) is 4.20. The lowest BCUT2D eigenvalue weighted by molar-refractivity contribution is 0.0736. The number of carbonyl (C=O) groups is 1. The van der Waals surface area contributed by atoms with Crippen LogP contribution in [-0.4, -0.2) is 51.8 Å². The van der Waals surface area contributed by atoms with Crippen LogP contribution in [0.4, 0.5) is 0 Å². The summed E-state index contributed by atoms with van der Waals surface area (Å²) in [6.07, 6.45) is 5.30. The van der Waals surface area contributed by atoms with Crippen LogP contribution < -0.4 is 5.32 Å². The van der Waals surface area contributed by atoms with Crippen molar-refractivity contribution in [1.29, 1.82) is 0 Å².